The van der Waals surface area contributed by atoms with Crippen molar-refractivity contribution in [3.63, 3.8) is 0 Å². The zero-order valence-electron chi connectivity index (χ0n) is 41.7. The van der Waals surface area contributed by atoms with Gasteiger partial charge in [0.1, 0.15) is 56.3 Å². The molecule has 0 saturated carbocycles. The maximum absolute atomic E-state index is 13.2. The molecule has 0 atom stereocenters. The number of nitrogens with two attached hydrogens (primary N) is 2. The van der Waals surface area contributed by atoms with Crippen molar-refractivity contribution in [3.8, 4) is 11.5 Å². The summed E-state index contributed by atoms with van der Waals surface area (Å²) in [5.41, 5.74) is 6.88. The predicted octanol–water partition coefficient (Wildman–Crippen LogP) is 7.23. The number of amides is 1. The van der Waals surface area contributed by atoms with E-state index in [1.165, 1.54) is 43.5 Å². The molecular weight excluding hydrogens is 1260 g/mol. The fourth-order valence-electron chi connectivity index (χ4n) is 6.06. The molecule has 0 aromatic heterocycles. The average Bonchev–Trinajstić information content (AvgIpc) is 3.60. The number of carboxylic acid groups (broad SMARTS) is 1. The molecule has 5 rings (SSSR count). The number of nitrogens with zero attached hydrogens (tertiary/aromatic N) is 8. The van der Waals surface area contributed by atoms with E-state index in [4.69, 9.17) is 30.2 Å². The number of nitrogens with one attached hydrogen (secondary N) is 1. The first-order valence-corrected chi connectivity index (χ1v) is 30.5. The third kappa shape index (κ3) is 20.2. The molecule has 5 aromatic carbocycles. The maximum atomic E-state index is 13.2. The van der Waals surface area contributed by atoms with Crippen molar-refractivity contribution in [1.82, 2.24) is 0 Å². The minimum absolute atomic E-state index is 0.0316. The first kappa shape index (κ1) is 66.5. The van der Waals surface area contributed by atoms with Gasteiger partial charge in [-0.15, -0.1) is 30.7 Å². The second-order valence-corrected chi connectivity index (χ2v) is 23.9. The highest BCUT2D eigenvalue weighted by molar-refractivity contribution is 7.94. The van der Waals surface area contributed by atoms with Crippen molar-refractivity contribution in [1.29, 1.82) is 0 Å². The largest absolute Gasteiger partial charge is 0.494 e. The molecule has 0 aliphatic carbocycles. The molecule has 0 unspecified atom stereocenters. The molecule has 448 valence electrons. The molecule has 0 radical (unpaired) electrons. The van der Waals surface area contributed by atoms with Crippen molar-refractivity contribution in [3.05, 3.63) is 84.4 Å². The van der Waals surface area contributed by atoms with Crippen LogP contribution in [0.2, 0.25) is 0 Å². The van der Waals surface area contributed by atoms with Gasteiger partial charge in [-0.2, -0.15) is 49.6 Å². The molecule has 0 aliphatic heterocycles. The summed E-state index contributed by atoms with van der Waals surface area (Å²) >= 11 is 4.29. The summed E-state index contributed by atoms with van der Waals surface area (Å²) in [4.78, 5) is 37.4. The highest BCUT2D eigenvalue weighted by atomic mass is 32.3. The monoisotopic (exact) mass is 1300 g/mol. The van der Waals surface area contributed by atoms with Gasteiger partial charge in [-0.05, 0) is 90.7 Å². The summed E-state index contributed by atoms with van der Waals surface area (Å²) in [5.74, 6) is -4.46. The Hall–Kier alpha value is -7.31. The van der Waals surface area contributed by atoms with Crippen LogP contribution in [0, 0.1) is 0 Å². The van der Waals surface area contributed by atoms with Crippen LogP contribution in [0.15, 0.2) is 134 Å². The summed E-state index contributed by atoms with van der Waals surface area (Å²) in [5, 5.41) is 49.8. The highest BCUT2D eigenvalue weighted by Crippen LogP contribution is 2.50. The molecule has 9 N–H and O–H groups in total. The van der Waals surface area contributed by atoms with Gasteiger partial charge < -0.3 is 35.7 Å². The van der Waals surface area contributed by atoms with E-state index < -0.39 is 148 Å². The Kier molecular flexibility index (Phi) is 23.5. The number of benzene rings is 5. The minimum atomic E-state index is -5.41. The summed E-state index contributed by atoms with van der Waals surface area (Å²) in [7, 11) is -23.1. The SMILES string of the molecule is COc1cc(N=Nc2ccc(OOOCOOSCOS)cc2)c(NC(C)=O)cc1N=Nc1c(N)c(N=Nc2ccc(S(=O)(=O)CCOS(=O)(=O)O)cc2S(=O)(=O)O)c(N)c(N=Nc2ccc(S(=O)(=O)CCOS(=O)(=O)O)cc2)c1C(=O)O. The van der Waals surface area contributed by atoms with Crippen LogP contribution in [-0.2, 0) is 87.1 Å². The Bertz CT molecular complexity index is 3910. The predicted molar refractivity (Wildman–Crippen MR) is 287 cm³/mol. The van der Waals surface area contributed by atoms with Gasteiger partial charge in [0.25, 0.3) is 10.1 Å². The molecule has 1 amide bonds. The van der Waals surface area contributed by atoms with E-state index in [0.29, 0.717) is 12.1 Å². The third-order valence-corrected chi connectivity index (χ3v) is 15.5. The van der Waals surface area contributed by atoms with Crippen LogP contribution in [0.25, 0.3) is 0 Å². The quantitative estimate of drug-likeness (QED) is 0.00250. The van der Waals surface area contributed by atoms with Gasteiger partial charge in [-0.25, -0.2) is 30.0 Å². The number of methoxy groups -OCH3 is 1. The van der Waals surface area contributed by atoms with E-state index in [9.17, 15) is 61.3 Å². The molecule has 0 aliphatic rings. The van der Waals surface area contributed by atoms with Crippen LogP contribution in [-0.4, -0.2) is 117 Å². The second kappa shape index (κ2) is 29.3. The molecule has 83 heavy (non-hydrogen) atoms. The number of rotatable bonds is 31. The number of carbonyl (C=O) groups is 2. The van der Waals surface area contributed by atoms with Crippen molar-refractivity contribution in [2.75, 3.05) is 61.3 Å². The molecule has 43 heteroatoms. The van der Waals surface area contributed by atoms with Crippen molar-refractivity contribution in [2.45, 2.75) is 21.6 Å². The molecule has 0 saturated heterocycles. The molecule has 36 nitrogen and oxygen atoms in total. The van der Waals surface area contributed by atoms with Crippen LogP contribution in [0.5, 0.6) is 11.5 Å². The average molecular weight is 1300 g/mol. The standard InChI is InChI=1S/C40H41N11O25S7/c1-22(52)43-29-18-31(32(68-2)19-30(29)47-44-23-3-7-25(8-4-23)74-75-69-20-70-76-78-21-71-77)48-50-38-34(40(53)54)37(49-45-24-5-9-26(10-6-24)79(55,56)15-13-72-82(62,63)64)35(41)39(36(38)42)51-46-28-12-11-27(17-33(28)81(59,60)61)80(57,58)16-14-73-83(65,66)67/h3-12,17-19,77H,13-16,20-21,41-42H2,1-2H3,(H,43,52)(H,53,54)(H,59,60,61)(H,62,63,64)(H,65,66,67). The topological polar surface area (TPSA) is 532 Å². The smallest absolute Gasteiger partial charge is 0.397 e. The lowest BCUT2D eigenvalue weighted by Gasteiger charge is -2.14. The number of sulfone groups is 2. The Morgan fingerprint density at radius 3 is 1.70 bits per heavy atom. The fraction of sp³-hybridized carbons (Fsp3) is 0.200. The van der Waals surface area contributed by atoms with Crippen molar-refractivity contribution < 1.29 is 112 Å². The van der Waals surface area contributed by atoms with Crippen LogP contribution in [0.3, 0.4) is 0 Å². The van der Waals surface area contributed by atoms with Gasteiger partial charge in [0, 0.05) is 13.0 Å². The van der Waals surface area contributed by atoms with E-state index in [1.54, 1.807) is 0 Å². The van der Waals surface area contributed by atoms with Crippen LogP contribution in [0.4, 0.5) is 62.6 Å². The van der Waals surface area contributed by atoms with Crippen LogP contribution >= 0.6 is 25.0 Å². The Morgan fingerprint density at radius 1 is 0.639 bits per heavy atom. The van der Waals surface area contributed by atoms with Crippen molar-refractivity contribution >= 4 is 150 Å². The number of carboxylic acids is 1. The second-order valence-electron chi connectivity index (χ2n) is 15.2. The number of carbonyl (C=O) groups excluding carboxylic acids is 1. The van der Waals surface area contributed by atoms with Crippen LogP contribution < -0.4 is 26.4 Å². The number of hydrogen-bond acceptors (Lipinski definition) is 33. The summed E-state index contributed by atoms with van der Waals surface area (Å²) in [6.45, 7) is -1.41. The van der Waals surface area contributed by atoms with Gasteiger partial charge in [0.2, 0.25) is 12.7 Å². The molecule has 5 aromatic rings. The van der Waals surface area contributed by atoms with E-state index in [2.05, 4.69) is 90.8 Å². The number of anilines is 3. The lowest BCUT2D eigenvalue weighted by atomic mass is 10.1. The lowest BCUT2D eigenvalue weighted by molar-refractivity contribution is -0.502. The Labute approximate surface area is 479 Å². The van der Waals surface area contributed by atoms with Crippen molar-refractivity contribution in [2.24, 2.45) is 40.9 Å². The molecule has 0 fully saturated rings. The molecular formula is C40H41N11O25S7. The third-order valence-electron chi connectivity index (χ3n) is 9.61. The number of ether oxygens (including phenoxy) is 1. The maximum Gasteiger partial charge on any atom is 0.397 e. The lowest BCUT2D eigenvalue weighted by Crippen LogP contribution is -2.16. The Balaban J connectivity index is 1.61. The first-order valence-electron chi connectivity index (χ1n) is 21.7. The first-order chi connectivity index (χ1) is 38.9. The number of azo groups is 4. The number of thiol groups is 1. The van der Waals surface area contributed by atoms with E-state index in [0.717, 1.165) is 49.3 Å². The van der Waals surface area contributed by atoms with E-state index in [-0.39, 0.29) is 45.9 Å². The van der Waals surface area contributed by atoms with Gasteiger partial charge >= 0.3 is 26.8 Å². The van der Waals surface area contributed by atoms with Gasteiger partial charge in [0.15, 0.2) is 25.4 Å². The van der Waals surface area contributed by atoms with E-state index in [1.807, 2.05) is 0 Å². The highest BCUT2D eigenvalue weighted by Gasteiger charge is 2.29. The zero-order valence-corrected chi connectivity index (χ0v) is 47.5. The fourth-order valence-corrected chi connectivity index (χ4v) is 10.1. The normalized spacial score (nSPS) is 12.7. The molecule has 0 bridgehead atoms. The van der Waals surface area contributed by atoms with Gasteiger partial charge in [-0.1, -0.05) is 0 Å². The van der Waals surface area contributed by atoms with Gasteiger partial charge in [-0.3, -0.25) is 18.5 Å². The zero-order chi connectivity index (χ0) is 61.3. The number of hydrogen-bond donors (Lipinski definition) is 8. The minimum Gasteiger partial charge on any atom is -0.494 e. The van der Waals surface area contributed by atoms with Crippen LogP contribution in [0.1, 0.15) is 17.3 Å². The summed E-state index contributed by atoms with van der Waals surface area (Å²) < 4.78 is 171. The molecule has 0 heterocycles. The number of aromatic carboxylic acids is 1. The Morgan fingerprint density at radius 2 is 1.16 bits per heavy atom. The molecule has 0 spiro atoms. The number of nitrogen functional groups attached to an aromatic ring is 2. The summed E-state index contributed by atoms with van der Waals surface area (Å²) in [6.07, 6.45) is 0. The van der Waals surface area contributed by atoms with E-state index >= 15 is 0 Å². The van der Waals surface area contributed by atoms with Gasteiger partial charge in [0.05, 0.1) is 82.1 Å². The summed E-state index contributed by atoms with van der Waals surface area (Å²) in [6, 6.07) is 14.1.